The topological polar surface area (TPSA) is 79.0 Å². The van der Waals surface area contributed by atoms with Crippen molar-refractivity contribution in [3.63, 3.8) is 0 Å². The van der Waals surface area contributed by atoms with Crippen molar-refractivity contribution in [1.82, 2.24) is 9.80 Å². The molecule has 2 saturated heterocycles. The molecule has 31 heavy (non-hydrogen) atoms. The predicted octanol–water partition coefficient (Wildman–Crippen LogP) is 2.01. The lowest BCUT2D eigenvalue weighted by Gasteiger charge is -2.37. The monoisotopic (exact) mass is 443 g/mol. The Morgan fingerprint density at radius 1 is 1.00 bits per heavy atom. The Hall–Kier alpha value is -2.42. The molecule has 2 aromatic rings. The van der Waals surface area contributed by atoms with Crippen molar-refractivity contribution < 1.29 is 17.9 Å². The smallest absolute Gasteiger partial charge is 0.238 e. The molecule has 0 bridgehead atoms. The zero-order valence-electron chi connectivity index (χ0n) is 17.6. The summed E-state index contributed by atoms with van der Waals surface area (Å²) in [5.74, 6) is 1.29. The minimum Gasteiger partial charge on any atom is -0.489 e. The molecular formula is C23H29N3O4S. The van der Waals surface area contributed by atoms with E-state index in [2.05, 4.69) is 15.1 Å². The molecule has 0 aliphatic carbocycles. The molecule has 166 valence electrons. The van der Waals surface area contributed by atoms with E-state index in [-0.39, 0.29) is 17.7 Å². The second-order valence-corrected chi connectivity index (χ2v) is 10.4. The summed E-state index contributed by atoms with van der Waals surface area (Å²) in [5.41, 5.74) is 1.85. The van der Waals surface area contributed by atoms with Crippen molar-refractivity contribution >= 4 is 21.4 Å². The number of hydrogen-bond donors (Lipinski definition) is 1. The first-order chi connectivity index (χ1) is 15.0. The second kappa shape index (κ2) is 9.80. The number of nitrogens with zero attached hydrogens (tertiary/aromatic N) is 2. The normalized spacial score (nSPS) is 21.6. The van der Waals surface area contributed by atoms with E-state index in [1.54, 1.807) is 0 Å². The Bertz CT molecular complexity index is 972. The van der Waals surface area contributed by atoms with Crippen molar-refractivity contribution in [2.24, 2.45) is 0 Å². The van der Waals surface area contributed by atoms with Gasteiger partial charge in [0.1, 0.15) is 12.4 Å². The SMILES string of the molecule is O=C(CN1CCN([C@@H]2CCS(=O)(=O)C2)CC1)Nc1ccc(OCc2ccccc2)cc1. The highest BCUT2D eigenvalue weighted by molar-refractivity contribution is 7.91. The van der Waals surface area contributed by atoms with E-state index >= 15 is 0 Å². The number of nitrogens with one attached hydrogen (secondary N) is 1. The number of piperazine rings is 1. The molecule has 0 spiro atoms. The van der Waals surface area contributed by atoms with Crippen molar-refractivity contribution in [3.05, 3.63) is 60.2 Å². The molecule has 2 aromatic carbocycles. The largest absolute Gasteiger partial charge is 0.489 e. The van der Waals surface area contributed by atoms with Crippen molar-refractivity contribution in [2.45, 2.75) is 19.1 Å². The molecule has 1 atom stereocenters. The summed E-state index contributed by atoms with van der Waals surface area (Å²) in [6.07, 6.45) is 0.730. The number of benzene rings is 2. The van der Waals surface area contributed by atoms with Crippen LogP contribution in [0.1, 0.15) is 12.0 Å². The van der Waals surface area contributed by atoms with E-state index in [1.165, 1.54) is 0 Å². The molecule has 0 radical (unpaired) electrons. The van der Waals surface area contributed by atoms with Crippen LogP contribution in [0.4, 0.5) is 5.69 Å². The van der Waals surface area contributed by atoms with Gasteiger partial charge in [0.05, 0.1) is 18.1 Å². The Morgan fingerprint density at radius 2 is 1.71 bits per heavy atom. The molecule has 2 aliphatic rings. The van der Waals surface area contributed by atoms with E-state index in [9.17, 15) is 13.2 Å². The standard InChI is InChI=1S/C23H29N3O4S/c27-23(16-25-11-13-26(14-12-25)21-10-15-31(28,29)18-21)24-20-6-8-22(9-7-20)30-17-19-4-2-1-3-5-19/h1-9,21H,10-18H2,(H,24,27)/t21-/m1/s1. The van der Waals surface area contributed by atoms with Crippen molar-refractivity contribution in [3.8, 4) is 5.75 Å². The van der Waals surface area contributed by atoms with Gasteiger partial charge in [-0.05, 0) is 36.2 Å². The lowest BCUT2D eigenvalue weighted by atomic mass is 10.2. The van der Waals surface area contributed by atoms with Crippen LogP contribution >= 0.6 is 0 Å². The fraction of sp³-hybridized carbons (Fsp3) is 0.435. The summed E-state index contributed by atoms with van der Waals surface area (Å²) in [6.45, 7) is 4.00. The minimum atomic E-state index is -2.86. The average molecular weight is 444 g/mol. The first-order valence-electron chi connectivity index (χ1n) is 10.7. The zero-order chi connectivity index (χ0) is 21.7. The van der Waals surface area contributed by atoms with Crippen LogP contribution in [0.15, 0.2) is 54.6 Å². The number of hydrogen-bond acceptors (Lipinski definition) is 6. The maximum absolute atomic E-state index is 12.4. The van der Waals surface area contributed by atoms with Crippen molar-refractivity contribution in [1.29, 1.82) is 0 Å². The van der Waals surface area contributed by atoms with Crippen LogP contribution < -0.4 is 10.1 Å². The Labute approximate surface area is 183 Å². The predicted molar refractivity (Wildman–Crippen MR) is 121 cm³/mol. The molecule has 1 N–H and O–H groups in total. The van der Waals surface area contributed by atoms with Crippen molar-refractivity contribution in [2.75, 3.05) is 49.5 Å². The molecule has 8 heteroatoms. The van der Waals surface area contributed by atoms with Crippen LogP contribution in [-0.2, 0) is 21.2 Å². The molecule has 0 unspecified atom stereocenters. The molecule has 7 nitrogen and oxygen atoms in total. The van der Waals surface area contributed by atoms with E-state index in [0.717, 1.165) is 49.6 Å². The van der Waals surface area contributed by atoms with Crippen LogP contribution in [0.3, 0.4) is 0 Å². The second-order valence-electron chi connectivity index (χ2n) is 8.22. The van der Waals surface area contributed by atoms with Gasteiger partial charge in [-0.15, -0.1) is 0 Å². The Morgan fingerprint density at radius 3 is 2.35 bits per heavy atom. The summed E-state index contributed by atoms with van der Waals surface area (Å²) in [4.78, 5) is 16.8. The van der Waals surface area contributed by atoms with Crippen LogP contribution in [0.5, 0.6) is 5.75 Å². The summed E-state index contributed by atoms with van der Waals surface area (Å²) in [7, 11) is -2.86. The highest BCUT2D eigenvalue weighted by Crippen LogP contribution is 2.20. The molecular weight excluding hydrogens is 414 g/mol. The maximum Gasteiger partial charge on any atom is 0.238 e. The summed E-state index contributed by atoms with van der Waals surface area (Å²) in [6, 6.07) is 17.5. The number of anilines is 1. The van der Waals surface area contributed by atoms with Gasteiger partial charge in [0, 0.05) is 37.9 Å². The van der Waals surface area contributed by atoms with Gasteiger partial charge >= 0.3 is 0 Å². The first kappa shape index (κ1) is 21.8. The third-order valence-corrected chi connectivity index (χ3v) is 7.64. The summed E-state index contributed by atoms with van der Waals surface area (Å²) in [5, 5.41) is 2.94. The van der Waals surface area contributed by atoms with Gasteiger partial charge in [-0.3, -0.25) is 14.6 Å². The van der Waals surface area contributed by atoms with Gasteiger partial charge < -0.3 is 10.1 Å². The van der Waals surface area contributed by atoms with Gasteiger partial charge in [0.25, 0.3) is 0 Å². The number of ether oxygens (including phenoxy) is 1. The van der Waals surface area contributed by atoms with Gasteiger partial charge in [0.15, 0.2) is 9.84 Å². The Kier molecular flexibility index (Phi) is 6.89. The number of carbonyl (C=O) groups is 1. The number of amides is 1. The molecule has 0 aromatic heterocycles. The molecule has 1 amide bonds. The van der Waals surface area contributed by atoms with Crippen LogP contribution in [0.2, 0.25) is 0 Å². The van der Waals surface area contributed by atoms with Crippen LogP contribution in [0.25, 0.3) is 0 Å². The van der Waals surface area contributed by atoms with Crippen LogP contribution in [-0.4, -0.2) is 74.4 Å². The third kappa shape index (κ3) is 6.29. The fourth-order valence-corrected chi connectivity index (χ4v) is 5.89. The number of sulfone groups is 1. The van der Waals surface area contributed by atoms with Gasteiger partial charge in [-0.1, -0.05) is 30.3 Å². The quantitative estimate of drug-likeness (QED) is 0.705. The van der Waals surface area contributed by atoms with E-state index in [1.807, 2.05) is 54.6 Å². The van der Waals surface area contributed by atoms with E-state index < -0.39 is 9.84 Å². The highest BCUT2D eigenvalue weighted by Gasteiger charge is 2.33. The lowest BCUT2D eigenvalue weighted by molar-refractivity contribution is -0.117. The van der Waals surface area contributed by atoms with Gasteiger partial charge in [-0.25, -0.2) is 8.42 Å². The maximum atomic E-state index is 12.4. The number of rotatable bonds is 7. The summed E-state index contributed by atoms with van der Waals surface area (Å²) >= 11 is 0. The van der Waals surface area contributed by atoms with Crippen LogP contribution in [0, 0.1) is 0 Å². The van der Waals surface area contributed by atoms with E-state index in [0.29, 0.717) is 18.9 Å². The highest BCUT2D eigenvalue weighted by atomic mass is 32.2. The third-order valence-electron chi connectivity index (χ3n) is 5.89. The average Bonchev–Trinajstić information content (AvgIpc) is 3.14. The zero-order valence-corrected chi connectivity index (χ0v) is 18.4. The molecule has 2 fully saturated rings. The Balaban J connectivity index is 1.19. The van der Waals surface area contributed by atoms with Gasteiger partial charge in [0.2, 0.25) is 5.91 Å². The van der Waals surface area contributed by atoms with E-state index in [4.69, 9.17) is 4.74 Å². The summed E-state index contributed by atoms with van der Waals surface area (Å²) < 4.78 is 29.2. The van der Waals surface area contributed by atoms with Gasteiger partial charge in [-0.2, -0.15) is 0 Å². The molecule has 4 rings (SSSR count). The lowest BCUT2D eigenvalue weighted by Crippen LogP contribution is -2.52. The number of carbonyl (C=O) groups excluding carboxylic acids is 1. The minimum absolute atomic E-state index is 0.0464. The fourth-order valence-electron chi connectivity index (χ4n) is 4.13. The molecule has 2 heterocycles. The first-order valence-corrected chi connectivity index (χ1v) is 12.5. The molecule has 0 saturated carbocycles. The molecule has 2 aliphatic heterocycles.